The zero-order chi connectivity index (χ0) is 29.7. The Bertz CT molecular complexity index is 1480. The zero-order valence-electron chi connectivity index (χ0n) is 23.3. The van der Waals surface area contributed by atoms with Gasteiger partial charge >= 0.3 is 5.97 Å². The highest BCUT2D eigenvalue weighted by atomic mass is 16.5. The summed E-state index contributed by atoms with van der Waals surface area (Å²) in [6.45, 7) is 2.02. The molecule has 0 saturated carbocycles. The Balaban J connectivity index is 1.85. The molecule has 0 spiro atoms. The fraction of sp³-hybridized carbons (Fsp3) is 0.333. The SMILES string of the molecule is CNC(C)C(=O)NC1CN(C(=O)CCCN)c2ccccc2N(Cc2c(OC)ccc3cc(C(=O)O)ccc23)C1=O. The van der Waals surface area contributed by atoms with Gasteiger partial charge in [-0.3, -0.25) is 14.4 Å². The van der Waals surface area contributed by atoms with Gasteiger partial charge in [-0.15, -0.1) is 0 Å². The molecule has 1 aliphatic heterocycles. The number of carboxylic acid groups (broad SMARTS) is 1. The monoisotopic (exact) mass is 561 g/mol. The molecule has 11 heteroatoms. The topological polar surface area (TPSA) is 154 Å². The number of hydrogen-bond acceptors (Lipinski definition) is 7. The van der Waals surface area contributed by atoms with E-state index in [0.29, 0.717) is 46.4 Å². The fourth-order valence-electron chi connectivity index (χ4n) is 4.93. The Morgan fingerprint density at radius 3 is 2.51 bits per heavy atom. The summed E-state index contributed by atoms with van der Waals surface area (Å²) >= 11 is 0. The Morgan fingerprint density at radius 1 is 1.12 bits per heavy atom. The number of nitrogens with two attached hydrogens (primary N) is 1. The Kier molecular flexibility index (Phi) is 9.21. The summed E-state index contributed by atoms with van der Waals surface area (Å²) in [5.41, 5.74) is 7.49. The van der Waals surface area contributed by atoms with Crippen LogP contribution in [0.5, 0.6) is 5.75 Å². The van der Waals surface area contributed by atoms with Crippen molar-refractivity contribution in [3.05, 3.63) is 65.7 Å². The lowest BCUT2D eigenvalue weighted by molar-refractivity contribution is -0.128. The van der Waals surface area contributed by atoms with Crippen molar-refractivity contribution in [2.24, 2.45) is 5.73 Å². The van der Waals surface area contributed by atoms with Crippen LogP contribution in [0.3, 0.4) is 0 Å². The highest BCUT2D eigenvalue weighted by Gasteiger charge is 2.37. The molecule has 3 amide bonds. The molecule has 3 aromatic carbocycles. The van der Waals surface area contributed by atoms with E-state index in [1.807, 2.05) is 0 Å². The van der Waals surface area contributed by atoms with E-state index in [1.165, 1.54) is 18.1 Å². The Morgan fingerprint density at radius 2 is 1.85 bits per heavy atom. The van der Waals surface area contributed by atoms with Crippen molar-refractivity contribution in [3.63, 3.8) is 0 Å². The van der Waals surface area contributed by atoms with Gasteiger partial charge in [0, 0.05) is 12.0 Å². The number of carboxylic acids is 1. The predicted octanol–water partition coefficient (Wildman–Crippen LogP) is 2.26. The molecule has 216 valence electrons. The van der Waals surface area contributed by atoms with Crippen LogP contribution < -0.4 is 30.9 Å². The van der Waals surface area contributed by atoms with E-state index < -0.39 is 24.0 Å². The second kappa shape index (κ2) is 12.8. The lowest BCUT2D eigenvalue weighted by atomic mass is 10.00. The third-order valence-electron chi connectivity index (χ3n) is 7.30. The van der Waals surface area contributed by atoms with Gasteiger partial charge in [-0.05, 0) is 68.0 Å². The minimum Gasteiger partial charge on any atom is -0.496 e. The molecular formula is C30H35N5O6. The number of ether oxygens (including phenoxy) is 1. The molecule has 0 aliphatic carbocycles. The third kappa shape index (κ3) is 6.16. The highest BCUT2D eigenvalue weighted by Crippen LogP contribution is 2.37. The highest BCUT2D eigenvalue weighted by molar-refractivity contribution is 6.08. The molecule has 41 heavy (non-hydrogen) atoms. The van der Waals surface area contributed by atoms with Crippen LogP contribution in [0.2, 0.25) is 0 Å². The number of benzene rings is 3. The molecular weight excluding hydrogens is 526 g/mol. The number of carbonyl (C=O) groups excluding carboxylic acids is 3. The molecule has 5 N–H and O–H groups in total. The molecule has 0 saturated heterocycles. The standard InChI is InChI=1S/C30H35N5O6/c1-18(32-2)28(37)33-23-17-34(27(36)9-6-14-31)24-7-4-5-8-25(24)35(29(23)38)16-22-21-12-10-20(30(39)40)15-19(21)11-13-26(22)41-3/h4-5,7-8,10-13,15,18,23,32H,6,9,14,16-17,31H2,1-3H3,(H,33,37)(H,39,40). The molecule has 0 aromatic heterocycles. The second-order valence-electron chi connectivity index (χ2n) is 9.87. The number of amides is 3. The van der Waals surface area contributed by atoms with E-state index in [-0.39, 0.29) is 36.9 Å². The Hall–Kier alpha value is -4.48. The Labute approximate surface area is 238 Å². The lowest BCUT2D eigenvalue weighted by Gasteiger charge is -2.27. The summed E-state index contributed by atoms with van der Waals surface area (Å²) in [6.07, 6.45) is 0.671. The number of likely N-dealkylation sites (N-methyl/N-ethyl adjacent to an activating group) is 1. The molecule has 1 aliphatic rings. The predicted molar refractivity (Wildman–Crippen MR) is 156 cm³/mol. The van der Waals surface area contributed by atoms with E-state index >= 15 is 0 Å². The van der Waals surface area contributed by atoms with Gasteiger partial charge < -0.3 is 36.0 Å². The number of fused-ring (bicyclic) bond motifs is 2. The molecule has 0 bridgehead atoms. The van der Waals surface area contributed by atoms with E-state index in [0.717, 1.165) is 0 Å². The van der Waals surface area contributed by atoms with Gasteiger partial charge in [-0.2, -0.15) is 0 Å². The van der Waals surface area contributed by atoms with E-state index in [2.05, 4.69) is 10.6 Å². The number of nitrogens with zero attached hydrogens (tertiary/aromatic N) is 2. The second-order valence-corrected chi connectivity index (χ2v) is 9.87. The summed E-state index contributed by atoms with van der Waals surface area (Å²) in [4.78, 5) is 55.2. The summed E-state index contributed by atoms with van der Waals surface area (Å²) in [7, 11) is 3.17. The lowest BCUT2D eigenvalue weighted by Crippen LogP contribution is -2.55. The maximum Gasteiger partial charge on any atom is 0.335 e. The number of nitrogens with one attached hydrogen (secondary N) is 2. The molecule has 2 atom stereocenters. The van der Waals surface area contributed by atoms with Gasteiger partial charge in [0.1, 0.15) is 11.8 Å². The van der Waals surface area contributed by atoms with Crippen LogP contribution in [-0.4, -0.2) is 68.1 Å². The van der Waals surface area contributed by atoms with Crippen molar-refractivity contribution >= 4 is 45.8 Å². The summed E-state index contributed by atoms with van der Waals surface area (Å²) in [5.74, 6) is -1.52. The van der Waals surface area contributed by atoms with Crippen LogP contribution in [-0.2, 0) is 20.9 Å². The summed E-state index contributed by atoms with van der Waals surface area (Å²) < 4.78 is 5.66. The summed E-state index contributed by atoms with van der Waals surface area (Å²) in [6, 6.07) is 13.8. The van der Waals surface area contributed by atoms with Crippen molar-refractivity contribution in [2.45, 2.75) is 38.4 Å². The maximum atomic E-state index is 14.2. The van der Waals surface area contributed by atoms with Crippen molar-refractivity contribution in [2.75, 3.05) is 37.0 Å². The fourth-order valence-corrected chi connectivity index (χ4v) is 4.93. The van der Waals surface area contributed by atoms with Gasteiger partial charge in [-0.25, -0.2) is 4.79 Å². The van der Waals surface area contributed by atoms with Gasteiger partial charge in [0.25, 0.3) is 5.91 Å². The van der Waals surface area contributed by atoms with E-state index in [9.17, 15) is 24.3 Å². The van der Waals surface area contributed by atoms with Crippen LogP contribution in [0.1, 0.15) is 35.7 Å². The molecule has 11 nitrogen and oxygen atoms in total. The van der Waals surface area contributed by atoms with Gasteiger partial charge in [-0.1, -0.05) is 24.3 Å². The van der Waals surface area contributed by atoms with Crippen molar-refractivity contribution in [3.8, 4) is 5.75 Å². The molecule has 2 unspecified atom stereocenters. The van der Waals surface area contributed by atoms with Crippen molar-refractivity contribution < 1.29 is 29.0 Å². The largest absolute Gasteiger partial charge is 0.496 e. The number of methoxy groups -OCH3 is 1. The molecule has 0 fully saturated rings. The first-order valence-corrected chi connectivity index (χ1v) is 13.4. The molecule has 4 rings (SSSR count). The average molecular weight is 562 g/mol. The number of para-hydroxylation sites is 2. The normalized spacial score (nSPS) is 15.7. The smallest absolute Gasteiger partial charge is 0.335 e. The first-order chi connectivity index (χ1) is 19.7. The summed E-state index contributed by atoms with van der Waals surface area (Å²) in [5, 5.41) is 16.6. The number of anilines is 2. The number of carbonyl (C=O) groups is 4. The van der Waals surface area contributed by atoms with E-state index in [4.69, 9.17) is 10.5 Å². The molecule has 3 aromatic rings. The van der Waals surface area contributed by atoms with Crippen LogP contribution in [0.15, 0.2) is 54.6 Å². The number of rotatable bonds is 10. The van der Waals surface area contributed by atoms with Crippen LogP contribution >= 0.6 is 0 Å². The number of aromatic carboxylic acids is 1. The molecule has 0 radical (unpaired) electrons. The quantitative estimate of drug-likeness (QED) is 0.294. The number of hydrogen-bond donors (Lipinski definition) is 4. The minimum atomic E-state index is -1.05. The van der Waals surface area contributed by atoms with E-state index in [1.54, 1.807) is 67.4 Å². The minimum absolute atomic E-state index is 0.0432. The zero-order valence-corrected chi connectivity index (χ0v) is 23.3. The average Bonchev–Trinajstić information content (AvgIpc) is 3.09. The van der Waals surface area contributed by atoms with Gasteiger partial charge in [0.15, 0.2) is 0 Å². The third-order valence-corrected chi connectivity index (χ3v) is 7.30. The van der Waals surface area contributed by atoms with Crippen molar-refractivity contribution in [1.29, 1.82) is 0 Å². The molecule has 1 heterocycles. The van der Waals surface area contributed by atoms with Crippen LogP contribution in [0.25, 0.3) is 10.8 Å². The van der Waals surface area contributed by atoms with Crippen LogP contribution in [0.4, 0.5) is 11.4 Å². The first kappa shape index (κ1) is 29.5. The van der Waals surface area contributed by atoms with Crippen molar-refractivity contribution in [1.82, 2.24) is 10.6 Å². The van der Waals surface area contributed by atoms with Gasteiger partial charge in [0.05, 0.1) is 43.2 Å². The van der Waals surface area contributed by atoms with Gasteiger partial charge in [0.2, 0.25) is 11.8 Å². The van der Waals surface area contributed by atoms with Crippen LogP contribution in [0, 0.1) is 0 Å². The maximum absolute atomic E-state index is 14.2. The first-order valence-electron chi connectivity index (χ1n) is 13.4.